The van der Waals surface area contributed by atoms with E-state index in [1.54, 1.807) is 24.3 Å². The van der Waals surface area contributed by atoms with Crippen LogP contribution in [0.1, 0.15) is 18.4 Å². The van der Waals surface area contributed by atoms with Gasteiger partial charge >= 0.3 is 5.63 Å². The maximum absolute atomic E-state index is 12.0. The fourth-order valence-corrected chi connectivity index (χ4v) is 2.47. The number of anilines is 1. The van der Waals surface area contributed by atoms with Gasteiger partial charge in [0.25, 0.3) is 0 Å². The van der Waals surface area contributed by atoms with Crippen molar-refractivity contribution < 1.29 is 9.21 Å². The summed E-state index contributed by atoms with van der Waals surface area (Å²) in [6.07, 6.45) is 2.16. The largest absolute Gasteiger partial charge is 0.423 e. The topological polar surface area (TPSA) is 59.3 Å². The fourth-order valence-electron chi connectivity index (χ4n) is 2.47. The van der Waals surface area contributed by atoms with E-state index in [2.05, 4.69) is 17.4 Å². The van der Waals surface area contributed by atoms with Crippen molar-refractivity contribution in [3.8, 4) is 0 Å². The van der Waals surface area contributed by atoms with Gasteiger partial charge in [-0.05, 0) is 42.7 Å². The summed E-state index contributed by atoms with van der Waals surface area (Å²) in [4.78, 5) is 23.2. The Morgan fingerprint density at radius 3 is 2.65 bits per heavy atom. The Balaban J connectivity index is 1.57. The summed E-state index contributed by atoms with van der Waals surface area (Å²) >= 11 is 0. The number of hydrogen-bond donors (Lipinski definition) is 1. The number of aryl methyl sites for hydroxylation is 1. The average Bonchev–Trinajstić information content (AvgIpc) is 2.56. The number of hydrogen-bond acceptors (Lipinski definition) is 3. The van der Waals surface area contributed by atoms with Crippen molar-refractivity contribution in [3.05, 3.63) is 76.6 Å². The molecule has 0 aliphatic rings. The molecule has 1 heterocycles. The summed E-state index contributed by atoms with van der Waals surface area (Å²) in [5, 5.41) is 3.66. The molecule has 23 heavy (non-hydrogen) atoms. The number of carbonyl (C=O) groups is 1. The van der Waals surface area contributed by atoms with Crippen LogP contribution in [0.25, 0.3) is 11.0 Å². The summed E-state index contributed by atoms with van der Waals surface area (Å²) < 4.78 is 5.07. The van der Waals surface area contributed by atoms with Gasteiger partial charge in [0.1, 0.15) is 5.58 Å². The van der Waals surface area contributed by atoms with Crippen LogP contribution in [0.15, 0.2) is 69.9 Å². The lowest BCUT2D eigenvalue weighted by molar-refractivity contribution is -0.116. The molecule has 0 aliphatic heterocycles. The number of nitrogens with one attached hydrogen (secondary N) is 1. The van der Waals surface area contributed by atoms with E-state index in [1.807, 2.05) is 18.2 Å². The molecule has 1 aromatic heterocycles. The second-order valence-electron chi connectivity index (χ2n) is 5.39. The highest BCUT2D eigenvalue weighted by atomic mass is 16.4. The second-order valence-corrected chi connectivity index (χ2v) is 5.39. The quantitative estimate of drug-likeness (QED) is 0.730. The van der Waals surface area contributed by atoms with Gasteiger partial charge in [0, 0.05) is 23.6 Å². The average molecular weight is 307 g/mol. The van der Waals surface area contributed by atoms with Crippen molar-refractivity contribution in [1.82, 2.24) is 0 Å². The van der Waals surface area contributed by atoms with E-state index in [-0.39, 0.29) is 11.5 Å². The van der Waals surface area contributed by atoms with Crippen LogP contribution in [0.2, 0.25) is 0 Å². The van der Waals surface area contributed by atoms with Gasteiger partial charge in [0.05, 0.1) is 0 Å². The third-order valence-electron chi connectivity index (χ3n) is 3.62. The molecule has 0 radical (unpaired) electrons. The maximum atomic E-state index is 12.0. The van der Waals surface area contributed by atoms with Crippen LogP contribution >= 0.6 is 0 Å². The zero-order valence-corrected chi connectivity index (χ0v) is 12.6. The van der Waals surface area contributed by atoms with E-state index in [1.165, 1.54) is 11.6 Å². The van der Waals surface area contributed by atoms with Crippen LogP contribution in [0.4, 0.5) is 5.69 Å². The molecule has 4 heteroatoms. The van der Waals surface area contributed by atoms with Crippen molar-refractivity contribution in [2.24, 2.45) is 0 Å². The highest BCUT2D eigenvalue weighted by Crippen LogP contribution is 2.18. The van der Waals surface area contributed by atoms with Gasteiger partial charge in [0.15, 0.2) is 0 Å². The first kappa shape index (κ1) is 15.0. The number of benzene rings is 2. The predicted octanol–water partition coefficient (Wildman–Crippen LogP) is 3.75. The second kappa shape index (κ2) is 6.92. The van der Waals surface area contributed by atoms with E-state index in [4.69, 9.17) is 4.42 Å². The highest BCUT2D eigenvalue weighted by Gasteiger charge is 2.04. The first-order valence-electron chi connectivity index (χ1n) is 7.58. The van der Waals surface area contributed by atoms with E-state index < -0.39 is 0 Å². The lowest BCUT2D eigenvalue weighted by atomic mass is 10.1. The van der Waals surface area contributed by atoms with Crippen LogP contribution in [-0.2, 0) is 11.2 Å². The van der Waals surface area contributed by atoms with E-state index in [0.29, 0.717) is 17.7 Å². The molecule has 0 spiro atoms. The molecule has 3 rings (SSSR count). The summed E-state index contributed by atoms with van der Waals surface area (Å²) in [7, 11) is 0. The van der Waals surface area contributed by atoms with E-state index in [0.717, 1.165) is 18.2 Å². The number of fused-ring (bicyclic) bond motifs is 1. The Hall–Kier alpha value is -2.88. The molecule has 2 aromatic carbocycles. The van der Waals surface area contributed by atoms with Crippen molar-refractivity contribution >= 4 is 22.6 Å². The van der Waals surface area contributed by atoms with Crippen molar-refractivity contribution in [1.29, 1.82) is 0 Å². The molecule has 0 saturated heterocycles. The van der Waals surface area contributed by atoms with Crippen LogP contribution in [0, 0.1) is 0 Å². The molecule has 0 atom stereocenters. The van der Waals surface area contributed by atoms with Gasteiger partial charge < -0.3 is 9.73 Å². The van der Waals surface area contributed by atoms with Crippen molar-refractivity contribution in [2.75, 3.05) is 5.32 Å². The standard InChI is InChI=1S/C19H17NO3/c21-18(8-4-7-14-5-2-1-3-6-14)20-16-10-11-17-15(13-16)9-12-19(22)23-17/h1-3,5-6,9-13H,4,7-8H2,(H,20,21). The van der Waals surface area contributed by atoms with E-state index >= 15 is 0 Å². The molecule has 0 saturated carbocycles. The van der Waals surface area contributed by atoms with Crippen LogP contribution in [-0.4, -0.2) is 5.91 Å². The third kappa shape index (κ3) is 4.07. The molecule has 0 aliphatic carbocycles. The molecule has 116 valence electrons. The predicted molar refractivity (Wildman–Crippen MR) is 90.5 cm³/mol. The Kier molecular flexibility index (Phi) is 4.52. The molecule has 4 nitrogen and oxygen atoms in total. The van der Waals surface area contributed by atoms with Gasteiger partial charge in [-0.3, -0.25) is 4.79 Å². The lowest BCUT2D eigenvalue weighted by Crippen LogP contribution is -2.11. The molecular formula is C19H17NO3. The van der Waals surface area contributed by atoms with Gasteiger partial charge in [-0.2, -0.15) is 0 Å². The van der Waals surface area contributed by atoms with Crippen molar-refractivity contribution in [3.63, 3.8) is 0 Å². The van der Waals surface area contributed by atoms with Crippen LogP contribution in [0.5, 0.6) is 0 Å². The van der Waals surface area contributed by atoms with Crippen LogP contribution in [0.3, 0.4) is 0 Å². The Morgan fingerprint density at radius 1 is 1.00 bits per heavy atom. The molecule has 0 fully saturated rings. The summed E-state index contributed by atoms with van der Waals surface area (Å²) in [5.41, 5.74) is 2.08. The maximum Gasteiger partial charge on any atom is 0.336 e. The van der Waals surface area contributed by atoms with Gasteiger partial charge in [-0.1, -0.05) is 30.3 Å². The van der Waals surface area contributed by atoms with E-state index in [9.17, 15) is 9.59 Å². The Morgan fingerprint density at radius 2 is 1.83 bits per heavy atom. The summed E-state index contributed by atoms with van der Waals surface area (Å²) in [6, 6.07) is 18.4. The number of carbonyl (C=O) groups excluding carboxylic acids is 1. The Bertz CT molecular complexity index is 868. The highest BCUT2D eigenvalue weighted by molar-refractivity contribution is 5.93. The molecule has 1 N–H and O–H groups in total. The molecule has 0 unspecified atom stereocenters. The SMILES string of the molecule is O=C(CCCc1ccccc1)Nc1ccc2oc(=O)ccc2c1. The zero-order chi connectivity index (χ0) is 16.1. The summed E-state index contributed by atoms with van der Waals surface area (Å²) in [5.74, 6) is -0.0161. The minimum atomic E-state index is -0.379. The molecular weight excluding hydrogens is 290 g/mol. The minimum Gasteiger partial charge on any atom is -0.423 e. The Labute approximate surface area is 133 Å². The van der Waals surface area contributed by atoms with Gasteiger partial charge in [-0.25, -0.2) is 4.79 Å². The molecule has 1 amide bonds. The zero-order valence-electron chi connectivity index (χ0n) is 12.6. The van der Waals surface area contributed by atoms with Gasteiger partial charge in [0.2, 0.25) is 5.91 Å². The minimum absolute atomic E-state index is 0.0161. The fraction of sp³-hybridized carbons (Fsp3) is 0.158. The molecule has 0 bridgehead atoms. The molecule has 3 aromatic rings. The lowest BCUT2D eigenvalue weighted by Gasteiger charge is -2.06. The normalized spacial score (nSPS) is 10.6. The first-order chi connectivity index (χ1) is 11.2. The number of rotatable bonds is 5. The monoisotopic (exact) mass is 307 g/mol. The third-order valence-corrected chi connectivity index (χ3v) is 3.62. The smallest absolute Gasteiger partial charge is 0.336 e. The van der Waals surface area contributed by atoms with Crippen LogP contribution < -0.4 is 10.9 Å². The van der Waals surface area contributed by atoms with Gasteiger partial charge in [-0.15, -0.1) is 0 Å². The summed E-state index contributed by atoms with van der Waals surface area (Å²) in [6.45, 7) is 0. The number of amides is 1. The first-order valence-corrected chi connectivity index (χ1v) is 7.58. The van der Waals surface area contributed by atoms with Crippen molar-refractivity contribution in [2.45, 2.75) is 19.3 Å².